The molecule has 0 aliphatic carbocycles. The van der Waals surface area contributed by atoms with E-state index in [1.54, 1.807) is 45.0 Å². The summed E-state index contributed by atoms with van der Waals surface area (Å²) in [5.74, 6) is -0.247. The Balaban J connectivity index is 2.11. The quantitative estimate of drug-likeness (QED) is 0.768. The van der Waals surface area contributed by atoms with Gasteiger partial charge in [0, 0.05) is 16.8 Å². The van der Waals surface area contributed by atoms with Gasteiger partial charge >= 0.3 is 0 Å². The molecule has 25 heavy (non-hydrogen) atoms. The number of carbonyl (C=O) groups excluding carboxylic acids is 1. The Morgan fingerprint density at radius 2 is 1.84 bits per heavy atom. The first-order chi connectivity index (χ1) is 11.6. The number of para-hydroxylation sites is 1. The van der Waals surface area contributed by atoms with E-state index in [1.165, 1.54) is 17.4 Å². The number of hydrogen-bond acceptors (Lipinski definition) is 4. The molecule has 1 heterocycles. The molecule has 0 spiro atoms. The van der Waals surface area contributed by atoms with Crippen molar-refractivity contribution < 1.29 is 13.2 Å². The Morgan fingerprint density at radius 3 is 2.44 bits per heavy atom. The van der Waals surface area contributed by atoms with Gasteiger partial charge in [-0.25, -0.2) is 13.1 Å². The van der Waals surface area contributed by atoms with E-state index in [-0.39, 0.29) is 22.9 Å². The van der Waals surface area contributed by atoms with Crippen molar-refractivity contribution in [3.8, 4) is 0 Å². The summed E-state index contributed by atoms with van der Waals surface area (Å²) in [4.78, 5) is 13.3. The second-order valence-corrected chi connectivity index (χ2v) is 10.1. The molecule has 0 fully saturated rings. The molecule has 0 radical (unpaired) electrons. The van der Waals surface area contributed by atoms with Crippen LogP contribution in [0, 0.1) is 0 Å². The van der Waals surface area contributed by atoms with Crippen molar-refractivity contribution in [3.63, 3.8) is 0 Å². The monoisotopic (exact) mass is 400 g/mol. The highest BCUT2D eigenvalue weighted by Crippen LogP contribution is 2.24. The number of benzene rings is 1. The minimum absolute atomic E-state index is 0.0532. The van der Waals surface area contributed by atoms with E-state index in [2.05, 4.69) is 10.0 Å². The molecule has 0 aliphatic heterocycles. The van der Waals surface area contributed by atoms with Crippen LogP contribution in [0.2, 0.25) is 4.34 Å². The lowest BCUT2D eigenvalue weighted by atomic mass is 10.1. The highest BCUT2D eigenvalue weighted by molar-refractivity contribution is 7.89. The van der Waals surface area contributed by atoms with Crippen LogP contribution < -0.4 is 10.0 Å². The largest absolute Gasteiger partial charge is 0.325 e. The van der Waals surface area contributed by atoms with Gasteiger partial charge in [0.2, 0.25) is 15.9 Å². The van der Waals surface area contributed by atoms with E-state index in [1.807, 2.05) is 6.07 Å². The number of hydrogen-bond donors (Lipinski definition) is 2. The van der Waals surface area contributed by atoms with E-state index >= 15 is 0 Å². The molecule has 2 aromatic rings. The molecular weight excluding hydrogens is 380 g/mol. The molecule has 2 rings (SSSR count). The van der Waals surface area contributed by atoms with E-state index < -0.39 is 15.6 Å². The van der Waals surface area contributed by atoms with Crippen LogP contribution in [0.5, 0.6) is 0 Å². The predicted octanol–water partition coefficient (Wildman–Crippen LogP) is 4.05. The van der Waals surface area contributed by atoms with Crippen molar-refractivity contribution in [1.82, 2.24) is 4.72 Å². The maximum absolute atomic E-state index is 12.6. The number of aryl methyl sites for hydroxylation is 1. The molecule has 0 unspecified atom stereocenters. The van der Waals surface area contributed by atoms with Gasteiger partial charge in [-0.1, -0.05) is 23.7 Å². The molecule has 2 N–H and O–H groups in total. The van der Waals surface area contributed by atoms with Crippen molar-refractivity contribution in [1.29, 1.82) is 0 Å². The van der Waals surface area contributed by atoms with Crippen LogP contribution in [0.4, 0.5) is 5.69 Å². The number of carbonyl (C=O) groups is 1. The molecular formula is C17H21ClN2O3S2. The zero-order chi connectivity index (χ0) is 18.7. The van der Waals surface area contributed by atoms with Gasteiger partial charge in [0.05, 0.1) is 10.0 Å². The second-order valence-electron chi connectivity index (χ2n) is 6.61. The Labute approximate surface area is 157 Å². The zero-order valence-corrected chi connectivity index (χ0v) is 16.7. The van der Waals surface area contributed by atoms with Crippen molar-refractivity contribution in [2.75, 3.05) is 5.32 Å². The standard InChI is InChI=1S/C17H21ClN2O3S2/c1-17(2,3)20-25(22,23)14-7-5-4-6-13(14)19-16(21)11-9-12-8-10-15(18)24-12/h4-8,10,20H,9,11H2,1-3H3,(H,19,21). The van der Waals surface area contributed by atoms with E-state index in [9.17, 15) is 13.2 Å². The van der Waals surface area contributed by atoms with Gasteiger partial charge in [-0.3, -0.25) is 4.79 Å². The number of halogens is 1. The highest BCUT2D eigenvalue weighted by atomic mass is 35.5. The predicted molar refractivity (Wildman–Crippen MR) is 103 cm³/mol. The molecule has 0 aliphatic rings. The maximum atomic E-state index is 12.6. The van der Waals surface area contributed by atoms with Gasteiger partial charge < -0.3 is 5.32 Å². The summed E-state index contributed by atoms with van der Waals surface area (Å²) in [6, 6.07) is 10.0. The van der Waals surface area contributed by atoms with E-state index in [0.29, 0.717) is 10.8 Å². The molecule has 0 saturated carbocycles. The fraction of sp³-hybridized carbons (Fsp3) is 0.353. The number of amides is 1. The summed E-state index contributed by atoms with van der Waals surface area (Å²) in [5.41, 5.74) is -0.345. The number of rotatable bonds is 6. The molecule has 1 amide bonds. The summed E-state index contributed by atoms with van der Waals surface area (Å²) >= 11 is 7.30. The van der Waals surface area contributed by atoms with Crippen LogP contribution in [0.15, 0.2) is 41.3 Å². The first-order valence-electron chi connectivity index (χ1n) is 7.74. The van der Waals surface area contributed by atoms with Crippen LogP contribution in [0.25, 0.3) is 0 Å². The summed E-state index contributed by atoms with van der Waals surface area (Å²) in [6.07, 6.45) is 0.802. The molecule has 136 valence electrons. The third-order valence-electron chi connectivity index (χ3n) is 3.12. The molecule has 1 aromatic carbocycles. The SMILES string of the molecule is CC(C)(C)NS(=O)(=O)c1ccccc1NC(=O)CCc1ccc(Cl)s1. The van der Waals surface area contributed by atoms with E-state index in [4.69, 9.17) is 11.6 Å². The lowest BCUT2D eigenvalue weighted by molar-refractivity contribution is -0.116. The van der Waals surface area contributed by atoms with Gasteiger partial charge in [-0.05, 0) is 51.5 Å². The number of nitrogens with one attached hydrogen (secondary N) is 2. The summed E-state index contributed by atoms with van der Waals surface area (Å²) < 4.78 is 28.4. The minimum Gasteiger partial charge on any atom is -0.325 e. The molecule has 8 heteroatoms. The summed E-state index contributed by atoms with van der Waals surface area (Å²) in [6.45, 7) is 5.29. The average Bonchev–Trinajstić information content (AvgIpc) is 2.89. The fourth-order valence-corrected chi connectivity index (χ4v) is 4.87. The van der Waals surface area contributed by atoms with Gasteiger partial charge in [0.15, 0.2) is 0 Å². The van der Waals surface area contributed by atoms with E-state index in [0.717, 1.165) is 4.88 Å². The van der Waals surface area contributed by atoms with Crippen molar-refractivity contribution in [2.24, 2.45) is 0 Å². The number of thiophene rings is 1. The third kappa shape index (κ3) is 6.11. The molecule has 0 atom stereocenters. The fourth-order valence-electron chi connectivity index (χ4n) is 2.20. The van der Waals surface area contributed by atoms with Gasteiger partial charge in [0.1, 0.15) is 4.90 Å². The molecule has 0 bridgehead atoms. The molecule has 5 nitrogen and oxygen atoms in total. The maximum Gasteiger partial charge on any atom is 0.243 e. The number of anilines is 1. The van der Waals surface area contributed by atoms with Gasteiger partial charge in [-0.15, -0.1) is 11.3 Å². The van der Waals surface area contributed by atoms with Crippen LogP contribution in [0.3, 0.4) is 0 Å². The molecule has 1 aromatic heterocycles. The van der Waals surface area contributed by atoms with Crippen LogP contribution in [-0.4, -0.2) is 19.9 Å². The highest BCUT2D eigenvalue weighted by Gasteiger charge is 2.24. The lowest BCUT2D eigenvalue weighted by Gasteiger charge is -2.21. The normalized spacial score (nSPS) is 12.2. The second kappa shape index (κ2) is 7.86. The number of sulfonamides is 1. The lowest BCUT2D eigenvalue weighted by Crippen LogP contribution is -2.40. The summed E-state index contributed by atoms with van der Waals surface area (Å²) in [7, 11) is -3.74. The first-order valence-corrected chi connectivity index (χ1v) is 10.4. The summed E-state index contributed by atoms with van der Waals surface area (Å²) in [5, 5.41) is 2.69. The van der Waals surface area contributed by atoms with Crippen LogP contribution in [0.1, 0.15) is 32.1 Å². The third-order valence-corrected chi connectivity index (χ3v) is 6.23. The Hall–Kier alpha value is -1.41. The Kier molecular flexibility index (Phi) is 6.26. The Morgan fingerprint density at radius 1 is 1.16 bits per heavy atom. The smallest absolute Gasteiger partial charge is 0.243 e. The van der Waals surface area contributed by atoms with Crippen molar-refractivity contribution in [3.05, 3.63) is 45.6 Å². The topological polar surface area (TPSA) is 75.3 Å². The van der Waals surface area contributed by atoms with Gasteiger partial charge in [-0.2, -0.15) is 0 Å². The first kappa shape index (κ1) is 19.9. The zero-order valence-electron chi connectivity index (χ0n) is 14.3. The molecule has 0 saturated heterocycles. The van der Waals surface area contributed by atoms with Crippen molar-refractivity contribution in [2.45, 2.75) is 44.0 Å². The average molecular weight is 401 g/mol. The minimum atomic E-state index is -3.74. The van der Waals surface area contributed by atoms with Crippen LogP contribution >= 0.6 is 22.9 Å². The Bertz CT molecular complexity index is 855. The van der Waals surface area contributed by atoms with Crippen LogP contribution in [-0.2, 0) is 21.2 Å². The van der Waals surface area contributed by atoms with Gasteiger partial charge in [0.25, 0.3) is 0 Å². The van der Waals surface area contributed by atoms with Crippen molar-refractivity contribution >= 4 is 44.6 Å².